The number of carbonyl (C=O) groups excluding carboxylic acids is 1. The summed E-state index contributed by atoms with van der Waals surface area (Å²) in [5.41, 5.74) is 0. The van der Waals surface area contributed by atoms with E-state index in [-0.39, 0.29) is 18.3 Å². The minimum absolute atomic E-state index is 0.00806. The molecule has 1 rings (SSSR count). The summed E-state index contributed by atoms with van der Waals surface area (Å²) in [5, 5.41) is 15.4. The molecule has 0 unspecified atom stereocenters. The molecule has 1 amide bonds. The number of carboxylic acids is 1. The molecule has 0 bridgehead atoms. The number of nitrogens with one attached hydrogen (secondary N) is 1. The maximum atomic E-state index is 12.2. The topological polar surface area (TPSA) is 102 Å². The number of aliphatic carboxylic acids is 1. The van der Waals surface area contributed by atoms with Gasteiger partial charge in [-0.25, -0.2) is 4.98 Å². The minimum Gasteiger partial charge on any atom is -0.480 e. The second-order valence-corrected chi connectivity index (χ2v) is 5.12. The predicted molar refractivity (Wildman–Crippen MR) is 72.6 cm³/mol. The number of H-pyrrole nitrogens is 1. The minimum atomic E-state index is -1.06. The third kappa shape index (κ3) is 4.61. The van der Waals surface area contributed by atoms with E-state index in [9.17, 15) is 9.59 Å². The Balaban J connectivity index is 2.82. The Hall–Kier alpha value is -1.96. The van der Waals surface area contributed by atoms with Crippen LogP contribution in [0.25, 0.3) is 0 Å². The number of carboxylic acid groups (broad SMARTS) is 1. The number of likely N-dealkylation sites (N-methyl/N-ethyl adjacent to an activating group) is 1. The van der Waals surface area contributed by atoms with Crippen LogP contribution < -0.4 is 0 Å². The molecule has 0 saturated carbocycles. The van der Waals surface area contributed by atoms with E-state index >= 15 is 0 Å². The van der Waals surface area contributed by atoms with Crippen molar-refractivity contribution in [2.75, 3.05) is 33.7 Å². The molecule has 0 atom stereocenters. The first-order chi connectivity index (χ1) is 9.31. The highest BCUT2D eigenvalue weighted by atomic mass is 16.4. The summed E-state index contributed by atoms with van der Waals surface area (Å²) in [6, 6.07) is 0. The first-order valence-electron chi connectivity index (χ1n) is 6.39. The van der Waals surface area contributed by atoms with Crippen molar-refractivity contribution in [3.63, 3.8) is 0 Å². The molecule has 1 heterocycles. The second kappa shape index (κ2) is 6.99. The maximum Gasteiger partial charge on any atom is 0.323 e. The number of aromatic amines is 1. The van der Waals surface area contributed by atoms with Crippen molar-refractivity contribution in [2.24, 2.45) is 0 Å². The maximum absolute atomic E-state index is 12.2. The fourth-order valence-corrected chi connectivity index (χ4v) is 1.51. The summed E-state index contributed by atoms with van der Waals surface area (Å²) in [4.78, 5) is 30.3. The van der Waals surface area contributed by atoms with E-state index in [2.05, 4.69) is 15.2 Å². The van der Waals surface area contributed by atoms with Gasteiger partial charge in [0.25, 0.3) is 5.91 Å². The van der Waals surface area contributed by atoms with Crippen LogP contribution in [0.2, 0.25) is 0 Å². The third-order valence-electron chi connectivity index (χ3n) is 2.67. The summed E-state index contributed by atoms with van der Waals surface area (Å²) in [5.74, 6) is -0.794. The molecule has 0 fully saturated rings. The van der Waals surface area contributed by atoms with E-state index in [0.717, 1.165) is 0 Å². The first-order valence-corrected chi connectivity index (χ1v) is 6.39. The van der Waals surface area contributed by atoms with Crippen LogP contribution in [0, 0.1) is 0 Å². The molecule has 0 aromatic carbocycles. The quantitative estimate of drug-likeness (QED) is 0.731. The van der Waals surface area contributed by atoms with Crippen molar-refractivity contribution >= 4 is 11.9 Å². The Morgan fingerprint density at radius 1 is 1.30 bits per heavy atom. The van der Waals surface area contributed by atoms with Crippen LogP contribution in [0.5, 0.6) is 0 Å². The molecule has 0 saturated heterocycles. The number of nitrogens with zero attached hydrogens (tertiary/aromatic N) is 4. The Bertz CT molecular complexity index is 469. The molecule has 2 N–H and O–H groups in total. The van der Waals surface area contributed by atoms with Gasteiger partial charge in [0.2, 0.25) is 5.82 Å². The van der Waals surface area contributed by atoms with Gasteiger partial charge in [0.1, 0.15) is 12.4 Å². The van der Waals surface area contributed by atoms with Gasteiger partial charge in [-0.05, 0) is 14.1 Å². The highest BCUT2D eigenvalue weighted by Gasteiger charge is 2.22. The fraction of sp³-hybridized carbons (Fsp3) is 0.667. The van der Waals surface area contributed by atoms with Gasteiger partial charge >= 0.3 is 5.97 Å². The van der Waals surface area contributed by atoms with E-state index in [1.807, 2.05) is 32.8 Å². The summed E-state index contributed by atoms with van der Waals surface area (Å²) in [7, 11) is 3.71. The number of amides is 1. The van der Waals surface area contributed by atoms with E-state index in [1.165, 1.54) is 4.90 Å². The van der Waals surface area contributed by atoms with Crippen LogP contribution in [0.4, 0.5) is 0 Å². The van der Waals surface area contributed by atoms with Crippen molar-refractivity contribution < 1.29 is 14.7 Å². The van der Waals surface area contributed by atoms with E-state index < -0.39 is 11.9 Å². The van der Waals surface area contributed by atoms with E-state index in [1.54, 1.807) is 0 Å². The molecule has 0 aliphatic rings. The van der Waals surface area contributed by atoms with E-state index in [0.29, 0.717) is 18.9 Å². The van der Waals surface area contributed by atoms with Gasteiger partial charge in [-0.3, -0.25) is 14.7 Å². The molecule has 8 nitrogen and oxygen atoms in total. The van der Waals surface area contributed by atoms with Gasteiger partial charge in [0, 0.05) is 19.0 Å². The Labute approximate surface area is 117 Å². The molecule has 8 heteroatoms. The van der Waals surface area contributed by atoms with Crippen molar-refractivity contribution in [1.29, 1.82) is 0 Å². The number of carbonyl (C=O) groups is 2. The Kier molecular flexibility index (Phi) is 5.63. The third-order valence-corrected chi connectivity index (χ3v) is 2.67. The van der Waals surface area contributed by atoms with Crippen molar-refractivity contribution in [2.45, 2.75) is 19.8 Å². The van der Waals surface area contributed by atoms with Crippen LogP contribution in [0.15, 0.2) is 0 Å². The van der Waals surface area contributed by atoms with Gasteiger partial charge in [0.05, 0.1) is 0 Å². The Morgan fingerprint density at radius 2 is 1.95 bits per heavy atom. The zero-order valence-corrected chi connectivity index (χ0v) is 12.3. The normalized spacial score (nSPS) is 11.1. The molecule has 0 aliphatic heterocycles. The molecule has 0 spiro atoms. The monoisotopic (exact) mass is 283 g/mol. The van der Waals surface area contributed by atoms with Gasteiger partial charge in [-0.1, -0.05) is 13.8 Å². The largest absolute Gasteiger partial charge is 0.480 e. The van der Waals surface area contributed by atoms with Crippen molar-refractivity contribution in [1.82, 2.24) is 25.0 Å². The van der Waals surface area contributed by atoms with Gasteiger partial charge in [-0.2, -0.15) is 0 Å². The highest BCUT2D eigenvalue weighted by molar-refractivity contribution is 5.92. The van der Waals surface area contributed by atoms with Crippen molar-refractivity contribution in [3.05, 3.63) is 11.6 Å². The average Bonchev–Trinajstić information content (AvgIpc) is 2.82. The standard InChI is InChI=1S/C12H21N5O3/c1-8(2)10-13-11(15-14-10)12(20)17(7-9(18)19)6-5-16(3)4/h8H,5-7H2,1-4H3,(H,18,19)(H,13,14,15). The average molecular weight is 283 g/mol. The second-order valence-electron chi connectivity index (χ2n) is 5.12. The van der Waals surface area contributed by atoms with Crippen LogP contribution in [0.3, 0.4) is 0 Å². The lowest BCUT2D eigenvalue weighted by molar-refractivity contribution is -0.137. The van der Waals surface area contributed by atoms with Gasteiger partial charge in [-0.15, -0.1) is 5.10 Å². The van der Waals surface area contributed by atoms with Crippen LogP contribution in [0.1, 0.15) is 36.2 Å². The molecule has 112 valence electrons. The first kappa shape index (κ1) is 16.1. The molecule has 20 heavy (non-hydrogen) atoms. The molecule has 0 radical (unpaired) electrons. The lowest BCUT2D eigenvalue weighted by Gasteiger charge is -2.21. The summed E-state index contributed by atoms with van der Waals surface area (Å²) < 4.78 is 0. The molecule has 1 aromatic rings. The lowest BCUT2D eigenvalue weighted by atomic mass is 10.2. The molecule has 1 aromatic heterocycles. The summed E-state index contributed by atoms with van der Waals surface area (Å²) in [6.07, 6.45) is 0. The predicted octanol–water partition coefficient (Wildman–Crippen LogP) is 0.0165. The molecule has 0 aliphatic carbocycles. The van der Waals surface area contributed by atoms with Gasteiger partial charge in [0.15, 0.2) is 0 Å². The Morgan fingerprint density at radius 3 is 2.40 bits per heavy atom. The van der Waals surface area contributed by atoms with Crippen molar-refractivity contribution in [3.8, 4) is 0 Å². The molecular weight excluding hydrogens is 262 g/mol. The molecular formula is C12H21N5O3. The summed E-state index contributed by atoms with van der Waals surface area (Å²) >= 11 is 0. The number of hydrogen-bond acceptors (Lipinski definition) is 5. The lowest BCUT2D eigenvalue weighted by Crippen LogP contribution is -2.40. The van der Waals surface area contributed by atoms with Crippen LogP contribution in [-0.2, 0) is 4.79 Å². The highest BCUT2D eigenvalue weighted by Crippen LogP contribution is 2.09. The van der Waals surface area contributed by atoms with E-state index in [4.69, 9.17) is 5.11 Å². The number of aromatic nitrogens is 3. The smallest absolute Gasteiger partial charge is 0.323 e. The summed E-state index contributed by atoms with van der Waals surface area (Å²) in [6.45, 7) is 4.37. The zero-order valence-electron chi connectivity index (χ0n) is 12.3. The van der Waals surface area contributed by atoms with Crippen LogP contribution in [-0.4, -0.2) is 75.7 Å². The SMILES string of the molecule is CC(C)c1nc(C(=O)N(CCN(C)C)CC(=O)O)n[nH]1. The fourth-order valence-electron chi connectivity index (χ4n) is 1.51. The number of rotatable bonds is 7. The van der Waals surface area contributed by atoms with Gasteiger partial charge < -0.3 is 14.9 Å². The zero-order chi connectivity index (χ0) is 15.3. The van der Waals surface area contributed by atoms with Crippen LogP contribution >= 0.6 is 0 Å². The number of hydrogen-bond donors (Lipinski definition) is 2.